The van der Waals surface area contributed by atoms with Crippen molar-refractivity contribution >= 4 is 22.5 Å². The fourth-order valence-electron chi connectivity index (χ4n) is 4.10. The van der Waals surface area contributed by atoms with Crippen LogP contribution in [0.25, 0.3) is 10.9 Å². The summed E-state index contributed by atoms with van der Waals surface area (Å²) < 4.78 is 11.7. The van der Waals surface area contributed by atoms with E-state index in [1.165, 1.54) is 10.9 Å². The smallest absolute Gasteiger partial charge is 0.133 e. The van der Waals surface area contributed by atoms with Crippen LogP contribution in [0, 0.1) is 6.92 Å². The van der Waals surface area contributed by atoms with E-state index in [1.54, 1.807) is 7.11 Å². The molecule has 3 nitrogen and oxygen atoms in total. The van der Waals surface area contributed by atoms with Crippen LogP contribution in [0.15, 0.2) is 60.7 Å². The molecule has 0 fully saturated rings. The number of aromatic amines is 1. The van der Waals surface area contributed by atoms with Gasteiger partial charge in [0.05, 0.1) is 7.11 Å². The van der Waals surface area contributed by atoms with Crippen LogP contribution in [-0.4, -0.2) is 12.1 Å². The molecule has 1 N–H and O–H groups in total. The van der Waals surface area contributed by atoms with Crippen LogP contribution in [-0.2, 0) is 0 Å². The summed E-state index contributed by atoms with van der Waals surface area (Å²) in [5.41, 5.74) is 5.52. The predicted octanol–water partition coefficient (Wildman–Crippen LogP) is 6.42. The highest BCUT2D eigenvalue weighted by molar-refractivity contribution is 6.31. The van der Waals surface area contributed by atoms with Gasteiger partial charge in [0, 0.05) is 38.7 Å². The van der Waals surface area contributed by atoms with Gasteiger partial charge in [-0.1, -0.05) is 35.9 Å². The highest BCUT2D eigenvalue weighted by Crippen LogP contribution is 2.52. The molecule has 1 atom stereocenters. The fraction of sp³-hybridized carbons (Fsp3) is 0.130. The molecule has 3 aromatic carbocycles. The van der Waals surface area contributed by atoms with Gasteiger partial charge in [-0.3, -0.25) is 0 Å². The van der Waals surface area contributed by atoms with Crippen molar-refractivity contribution in [3.8, 4) is 17.2 Å². The third-order valence-electron chi connectivity index (χ3n) is 5.28. The van der Waals surface area contributed by atoms with E-state index >= 15 is 0 Å². The molecule has 2 heterocycles. The van der Waals surface area contributed by atoms with Crippen molar-refractivity contribution in [2.45, 2.75) is 12.8 Å². The lowest BCUT2D eigenvalue weighted by Crippen LogP contribution is -2.13. The molecule has 1 aliphatic heterocycles. The first kappa shape index (κ1) is 16.3. The molecule has 0 radical (unpaired) electrons. The Labute approximate surface area is 162 Å². The first-order valence-electron chi connectivity index (χ1n) is 8.89. The zero-order valence-electron chi connectivity index (χ0n) is 15.0. The van der Waals surface area contributed by atoms with Gasteiger partial charge in [0.2, 0.25) is 0 Å². The summed E-state index contributed by atoms with van der Waals surface area (Å²) in [6, 6.07) is 20.1. The molecular formula is C23H18ClNO2. The second kappa shape index (κ2) is 6.07. The fourth-order valence-corrected chi connectivity index (χ4v) is 4.38. The van der Waals surface area contributed by atoms with Gasteiger partial charge < -0.3 is 14.5 Å². The number of ether oxygens (including phenoxy) is 2. The molecule has 1 unspecified atom stereocenters. The Balaban J connectivity index is 1.87. The molecule has 0 amide bonds. The van der Waals surface area contributed by atoms with Crippen LogP contribution < -0.4 is 9.47 Å². The molecule has 0 aliphatic carbocycles. The van der Waals surface area contributed by atoms with E-state index in [1.807, 2.05) is 42.5 Å². The van der Waals surface area contributed by atoms with Crippen molar-refractivity contribution in [1.82, 2.24) is 4.98 Å². The normalized spacial score (nSPS) is 15.1. The van der Waals surface area contributed by atoms with Gasteiger partial charge in [-0.15, -0.1) is 0 Å². The van der Waals surface area contributed by atoms with Crippen molar-refractivity contribution < 1.29 is 9.47 Å². The summed E-state index contributed by atoms with van der Waals surface area (Å²) in [4.78, 5) is 3.52. The molecule has 1 aliphatic rings. The Morgan fingerprint density at radius 1 is 0.963 bits per heavy atom. The number of nitrogens with one attached hydrogen (secondary N) is 1. The van der Waals surface area contributed by atoms with Crippen molar-refractivity contribution in [2.75, 3.05) is 7.11 Å². The molecule has 0 saturated heterocycles. The number of para-hydroxylation sites is 1. The van der Waals surface area contributed by atoms with Crippen molar-refractivity contribution in [3.05, 3.63) is 88.1 Å². The van der Waals surface area contributed by atoms with Gasteiger partial charge in [-0.25, -0.2) is 0 Å². The Kier molecular flexibility index (Phi) is 3.66. The minimum atomic E-state index is -0.0382. The van der Waals surface area contributed by atoms with E-state index in [4.69, 9.17) is 21.1 Å². The Hall–Kier alpha value is -2.91. The van der Waals surface area contributed by atoms with E-state index in [9.17, 15) is 0 Å². The summed E-state index contributed by atoms with van der Waals surface area (Å²) in [6.07, 6.45) is 0. The first-order chi connectivity index (χ1) is 13.2. The monoisotopic (exact) mass is 375 g/mol. The van der Waals surface area contributed by atoms with Crippen molar-refractivity contribution in [1.29, 1.82) is 0 Å². The number of aryl methyl sites for hydroxylation is 1. The molecule has 0 bridgehead atoms. The van der Waals surface area contributed by atoms with E-state index in [-0.39, 0.29) is 5.92 Å². The minimum absolute atomic E-state index is 0.0382. The van der Waals surface area contributed by atoms with Gasteiger partial charge in [-0.2, -0.15) is 0 Å². The maximum atomic E-state index is 6.68. The Morgan fingerprint density at radius 3 is 2.67 bits per heavy atom. The lowest BCUT2D eigenvalue weighted by Gasteiger charge is -2.30. The molecule has 4 heteroatoms. The molecule has 5 rings (SSSR count). The van der Waals surface area contributed by atoms with Crippen molar-refractivity contribution in [3.63, 3.8) is 0 Å². The van der Waals surface area contributed by atoms with Crippen LogP contribution in [0.5, 0.6) is 17.2 Å². The van der Waals surface area contributed by atoms with Crippen LogP contribution >= 0.6 is 11.6 Å². The number of aromatic nitrogens is 1. The SMILES string of the molecule is COc1ccc2c(c1)C(c1c(C)[nH]c3ccccc13)c1c(Cl)cccc1O2. The van der Waals surface area contributed by atoms with Gasteiger partial charge >= 0.3 is 0 Å². The van der Waals surface area contributed by atoms with Crippen molar-refractivity contribution in [2.24, 2.45) is 0 Å². The van der Waals surface area contributed by atoms with Crippen LogP contribution in [0.3, 0.4) is 0 Å². The zero-order valence-corrected chi connectivity index (χ0v) is 15.8. The van der Waals surface area contributed by atoms with E-state index in [2.05, 4.69) is 30.1 Å². The Bertz CT molecular complexity index is 1180. The molecule has 1 aromatic heterocycles. The molecule has 4 aromatic rings. The van der Waals surface area contributed by atoms with Crippen LogP contribution in [0.1, 0.15) is 28.3 Å². The van der Waals surface area contributed by atoms with Gasteiger partial charge in [0.1, 0.15) is 17.2 Å². The lowest BCUT2D eigenvalue weighted by atomic mass is 9.81. The number of halogens is 1. The number of fused-ring (bicyclic) bond motifs is 3. The summed E-state index contributed by atoms with van der Waals surface area (Å²) in [6.45, 7) is 2.11. The third-order valence-corrected chi connectivity index (χ3v) is 5.61. The predicted molar refractivity (Wildman–Crippen MR) is 109 cm³/mol. The molecule has 134 valence electrons. The number of H-pyrrole nitrogens is 1. The standard InChI is InChI=1S/C23H18ClNO2/c1-13-21(15-6-3-4-8-18(15)25-13)22-16-12-14(26-2)10-11-19(16)27-20-9-5-7-17(24)23(20)22/h3-12,22,25H,1-2H3. The second-order valence-electron chi connectivity index (χ2n) is 6.80. The molecular weight excluding hydrogens is 358 g/mol. The van der Waals surface area contributed by atoms with Gasteiger partial charge in [0.15, 0.2) is 0 Å². The highest BCUT2D eigenvalue weighted by atomic mass is 35.5. The van der Waals surface area contributed by atoms with E-state index in [0.717, 1.165) is 39.6 Å². The summed E-state index contributed by atoms with van der Waals surface area (Å²) >= 11 is 6.68. The summed E-state index contributed by atoms with van der Waals surface area (Å²) in [5.74, 6) is 2.40. The summed E-state index contributed by atoms with van der Waals surface area (Å²) in [5, 5.41) is 1.90. The average molecular weight is 376 g/mol. The zero-order chi connectivity index (χ0) is 18.5. The molecule has 27 heavy (non-hydrogen) atoms. The van der Waals surface area contributed by atoms with Gasteiger partial charge in [-0.05, 0) is 48.9 Å². The van der Waals surface area contributed by atoms with Crippen LogP contribution in [0.2, 0.25) is 5.02 Å². The first-order valence-corrected chi connectivity index (χ1v) is 9.26. The lowest BCUT2D eigenvalue weighted by molar-refractivity contribution is 0.409. The number of hydrogen-bond acceptors (Lipinski definition) is 2. The number of rotatable bonds is 2. The summed E-state index contributed by atoms with van der Waals surface area (Å²) in [7, 11) is 1.68. The number of hydrogen-bond donors (Lipinski definition) is 1. The maximum absolute atomic E-state index is 6.68. The Morgan fingerprint density at radius 2 is 1.81 bits per heavy atom. The maximum Gasteiger partial charge on any atom is 0.133 e. The average Bonchev–Trinajstić information content (AvgIpc) is 3.01. The quantitative estimate of drug-likeness (QED) is 0.386. The largest absolute Gasteiger partial charge is 0.497 e. The third kappa shape index (κ3) is 2.42. The van der Waals surface area contributed by atoms with E-state index < -0.39 is 0 Å². The van der Waals surface area contributed by atoms with Gasteiger partial charge in [0.25, 0.3) is 0 Å². The van der Waals surface area contributed by atoms with Crippen LogP contribution in [0.4, 0.5) is 0 Å². The molecule has 0 spiro atoms. The number of methoxy groups -OCH3 is 1. The second-order valence-corrected chi connectivity index (χ2v) is 7.21. The van der Waals surface area contributed by atoms with E-state index in [0.29, 0.717) is 5.02 Å². The number of benzene rings is 3. The molecule has 0 saturated carbocycles. The minimum Gasteiger partial charge on any atom is -0.497 e. The highest BCUT2D eigenvalue weighted by Gasteiger charge is 2.33. The topological polar surface area (TPSA) is 34.2 Å².